The van der Waals surface area contributed by atoms with Crippen LogP contribution >= 0.6 is 0 Å². The summed E-state index contributed by atoms with van der Waals surface area (Å²) in [5.74, 6) is -3.54. The molecule has 3 atom stereocenters. The maximum absolute atomic E-state index is 14.9. The quantitative estimate of drug-likeness (QED) is 0.263. The number of hydrogen-bond acceptors (Lipinski definition) is 5. The number of aliphatic hydroxyl groups is 1. The van der Waals surface area contributed by atoms with Gasteiger partial charge >= 0.3 is 6.18 Å². The predicted octanol–water partition coefficient (Wildman–Crippen LogP) is 5.91. The number of nitrogens with zero attached hydrogens (tertiary/aromatic N) is 3. The number of amides is 2. The van der Waals surface area contributed by atoms with Crippen LogP contribution in [0, 0.1) is 5.82 Å². The van der Waals surface area contributed by atoms with E-state index in [4.69, 9.17) is 5.73 Å². The molecule has 0 radical (unpaired) electrons. The van der Waals surface area contributed by atoms with Gasteiger partial charge in [0.1, 0.15) is 29.5 Å². The monoisotopic (exact) mass is 647 g/mol. The van der Waals surface area contributed by atoms with Gasteiger partial charge in [-0.25, -0.2) is 13.2 Å². The molecular formula is C32H31F6N5O3. The van der Waals surface area contributed by atoms with E-state index in [-0.39, 0.29) is 48.2 Å². The number of fused-ring (bicyclic) bond motifs is 1. The van der Waals surface area contributed by atoms with Crippen molar-refractivity contribution in [2.24, 2.45) is 5.73 Å². The maximum atomic E-state index is 14.9. The number of hydrogen-bond donors (Lipinski definition) is 3. The summed E-state index contributed by atoms with van der Waals surface area (Å²) >= 11 is 0. The highest BCUT2D eigenvalue weighted by molar-refractivity contribution is 5.94. The standard InChI is InChI=1S/C32H31F6N5O3/c1-30(35)14-17(11-19(33)15-30)12-24(26-20(6-4-10-40-26)18-7-8-23(34)22(13-18)29(39)45)41-25(44)16-43-28-21(5-3-9-31(28,2)46)27(42-43)32(36,37)38/h4,6-8,10-11,13,15,24,46H,3,5,9,12,14,16H2,1-2H3,(H2,39,45)(H,41,44)/t24-,30?,31?/m0/s1. The molecule has 0 fully saturated rings. The Morgan fingerprint density at radius 1 is 1.20 bits per heavy atom. The Balaban J connectivity index is 1.55. The van der Waals surface area contributed by atoms with Crippen LogP contribution in [0.1, 0.15) is 78.6 Å². The molecule has 1 aromatic carbocycles. The molecule has 0 bridgehead atoms. The molecule has 2 aliphatic carbocycles. The molecule has 3 aromatic rings. The van der Waals surface area contributed by atoms with Gasteiger partial charge in [0.25, 0.3) is 5.91 Å². The number of benzene rings is 1. The summed E-state index contributed by atoms with van der Waals surface area (Å²) < 4.78 is 86.1. The van der Waals surface area contributed by atoms with Gasteiger partial charge in [-0.1, -0.05) is 17.7 Å². The second-order valence-corrected chi connectivity index (χ2v) is 12.1. The summed E-state index contributed by atoms with van der Waals surface area (Å²) in [4.78, 5) is 29.8. The lowest BCUT2D eigenvalue weighted by Crippen LogP contribution is -2.36. The molecule has 14 heteroatoms. The fourth-order valence-electron chi connectivity index (χ4n) is 6.29. The molecule has 244 valence electrons. The van der Waals surface area contributed by atoms with E-state index in [1.165, 1.54) is 32.2 Å². The minimum atomic E-state index is -4.83. The lowest BCUT2D eigenvalue weighted by Gasteiger charge is -2.30. The number of alkyl halides is 4. The summed E-state index contributed by atoms with van der Waals surface area (Å²) in [6.07, 6.45) is -1.40. The molecule has 2 unspecified atom stereocenters. The molecule has 8 nitrogen and oxygen atoms in total. The van der Waals surface area contributed by atoms with Crippen molar-refractivity contribution in [2.45, 2.75) is 76.0 Å². The number of halogens is 6. The largest absolute Gasteiger partial charge is 0.435 e. The number of nitrogens with two attached hydrogens (primary N) is 1. The Kier molecular flexibility index (Phi) is 8.62. The van der Waals surface area contributed by atoms with Gasteiger partial charge in [-0.15, -0.1) is 0 Å². The van der Waals surface area contributed by atoms with Crippen LogP contribution in [-0.2, 0) is 29.5 Å². The van der Waals surface area contributed by atoms with E-state index in [1.54, 1.807) is 12.1 Å². The van der Waals surface area contributed by atoms with Gasteiger partial charge in [0.05, 0.1) is 23.0 Å². The van der Waals surface area contributed by atoms with E-state index in [1.807, 2.05) is 0 Å². The third-order valence-corrected chi connectivity index (χ3v) is 8.08. The SMILES string of the molecule is CC1(F)C=C(F)C=C(C[C@H](NC(=O)Cn2nc(C(F)(F)F)c3c2C(C)(O)CCC3)c2ncccc2-c2ccc(F)c(C(N)=O)c2)C1. The van der Waals surface area contributed by atoms with Gasteiger partial charge < -0.3 is 16.2 Å². The Hall–Kier alpha value is -4.46. The van der Waals surface area contributed by atoms with E-state index < -0.39 is 64.7 Å². The number of rotatable bonds is 8. The molecule has 4 N–H and O–H groups in total. The summed E-state index contributed by atoms with van der Waals surface area (Å²) in [5.41, 5.74) is 0.783. The Bertz CT molecular complexity index is 1760. The van der Waals surface area contributed by atoms with Crippen molar-refractivity contribution in [2.75, 3.05) is 0 Å². The first kappa shape index (κ1) is 32.9. The lowest BCUT2D eigenvalue weighted by molar-refractivity contribution is -0.142. The molecule has 46 heavy (non-hydrogen) atoms. The first-order valence-electron chi connectivity index (χ1n) is 14.5. The van der Waals surface area contributed by atoms with Crippen LogP contribution in [0.3, 0.4) is 0 Å². The zero-order valence-corrected chi connectivity index (χ0v) is 24.9. The third-order valence-electron chi connectivity index (χ3n) is 8.08. The Labute approximate surface area is 260 Å². The van der Waals surface area contributed by atoms with Crippen molar-refractivity contribution in [3.05, 3.63) is 94.1 Å². The fourth-order valence-corrected chi connectivity index (χ4v) is 6.29. The predicted molar refractivity (Wildman–Crippen MR) is 155 cm³/mol. The average Bonchev–Trinajstić information content (AvgIpc) is 3.32. The second kappa shape index (κ2) is 12.0. The summed E-state index contributed by atoms with van der Waals surface area (Å²) in [6.45, 7) is 1.83. The molecule has 5 rings (SSSR count). The highest BCUT2D eigenvalue weighted by Crippen LogP contribution is 2.42. The number of pyridine rings is 1. The van der Waals surface area contributed by atoms with Crippen LogP contribution in [-0.4, -0.2) is 37.4 Å². The zero-order valence-electron chi connectivity index (χ0n) is 24.9. The van der Waals surface area contributed by atoms with Crippen molar-refractivity contribution in [3.63, 3.8) is 0 Å². The molecule has 0 saturated heterocycles. The van der Waals surface area contributed by atoms with E-state index in [0.717, 1.165) is 22.9 Å². The number of carbonyl (C=O) groups excluding carboxylic acids is 2. The minimum absolute atomic E-state index is 0.0159. The molecule has 2 aromatic heterocycles. The third kappa shape index (κ3) is 6.86. The van der Waals surface area contributed by atoms with Crippen molar-refractivity contribution >= 4 is 11.8 Å². The summed E-state index contributed by atoms with van der Waals surface area (Å²) in [6, 6.07) is 5.61. The molecule has 2 heterocycles. The summed E-state index contributed by atoms with van der Waals surface area (Å²) in [5, 5.41) is 17.4. The zero-order chi connectivity index (χ0) is 33.6. The van der Waals surface area contributed by atoms with Gasteiger partial charge in [0, 0.05) is 23.7 Å². The molecular weight excluding hydrogens is 616 g/mol. The highest BCUT2D eigenvalue weighted by Gasteiger charge is 2.44. The number of nitrogens with one attached hydrogen (secondary N) is 1. The molecule has 2 aliphatic rings. The van der Waals surface area contributed by atoms with Crippen LogP contribution < -0.4 is 11.1 Å². The second-order valence-electron chi connectivity index (χ2n) is 12.1. The molecule has 0 spiro atoms. The van der Waals surface area contributed by atoms with Crippen LogP contribution in [0.15, 0.2) is 60.1 Å². The molecule has 0 aliphatic heterocycles. The maximum Gasteiger partial charge on any atom is 0.435 e. The number of aromatic nitrogens is 3. The first-order valence-corrected chi connectivity index (χ1v) is 14.5. The van der Waals surface area contributed by atoms with Crippen LogP contribution in [0.4, 0.5) is 26.3 Å². The first-order chi connectivity index (χ1) is 21.4. The van der Waals surface area contributed by atoms with Crippen molar-refractivity contribution < 1.29 is 41.0 Å². The van der Waals surface area contributed by atoms with Crippen LogP contribution in [0.5, 0.6) is 0 Å². The van der Waals surface area contributed by atoms with Crippen molar-refractivity contribution in [1.82, 2.24) is 20.1 Å². The lowest BCUT2D eigenvalue weighted by atomic mass is 9.84. The Morgan fingerprint density at radius 2 is 1.93 bits per heavy atom. The van der Waals surface area contributed by atoms with Gasteiger partial charge in [0.15, 0.2) is 5.69 Å². The smallest absolute Gasteiger partial charge is 0.384 e. The number of carbonyl (C=O) groups is 2. The minimum Gasteiger partial charge on any atom is -0.384 e. The Morgan fingerprint density at radius 3 is 2.61 bits per heavy atom. The topological polar surface area (TPSA) is 123 Å². The average molecular weight is 648 g/mol. The molecule has 0 saturated carbocycles. The van der Waals surface area contributed by atoms with E-state index >= 15 is 0 Å². The van der Waals surface area contributed by atoms with Gasteiger partial charge in [-0.05, 0) is 75.4 Å². The van der Waals surface area contributed by atoms with Crippen molar-refractivity contribution in [3.8, 4) is 11.1 Å². The van der Waals surface area contributed by atoms with E-state index in [0.29, 0.717) is 17.5 Å². The van der Waals surface area contributed by atoms with E-state index in [9.17, 15) is 41.0 Å². The number of primary amides is 1. The molecule has 2 amide bonds. The van der Waals surface area contributed by atoms with E-state index in [2.05, 4.69) is 15.4 Å². The fraction of sp³-hybridized carbons (Fsp3) is 0.375. The van der Waals surface area contributed by atoms with Crippen molar-refractivity contribution in [1.29, 1.82) is 0 Å². The summed E-state index contributed by atoms with van der Waals surface area (Å²) in [7, 11) is 0. The normalized spacial score (nSPS) is 22.0. The van der Waals surface area contributed by atoms with Gasteiger partial charge in [-0.2, -0.15) is 18.3 Å². The van der Waals surface area contributed by atoms with Crippen LogP contribution in [0.2, 0.25) is 0 Å². The van der Waals surface area contributed by atoms with Crippen LogP contribution in [0.25, 0.3) is 11.1 Å². The number of allylic oxidation sites excluding steroid dienone is 3. The highest BCUT2D eigenvalue weighted by atomic mass is 19.4. The van der Waals surface area contributed by atoms with Gasteiger partial charge in [0.2, 0.25) is 5.91 Å². The van der Waals surface area contributed by atoms with Gasteiger partial charge in [-0.3, -0.25) is 19.3 Å².